The van der Waals surface area contributed by atoms with E-state index in [-0.39, 0.29) is 0 Å². The largest absolute Gasteiger partial charge is 0.472 e. The zero-order valence-electron chi connectivity index (χ0n) is 16.8. The number of benzene rings is 1. The van der Waals surface area contributed by atoms with Crippen molar-refractivity contribution in [3.05, 3.63) is 42.0 Å². The molecule has 3 heteroatoms. The molecule has 0 bridgehead atoms. The predicted octanol–water partition coefficient (Wildman–Crippen LogP) is 6.40. The molecule has 0 atom stereocenters. The Bertz CT molecular complexity index is 593. The molecule has 0 spiro atoms. The molecule has 0 saturated heterocycles. The third-order valence-electron chi connectivity index (χ3n) is 4.47. The molecular weight excluding hydrogens is 334 g/mol. The highest BCUT2D eigenvalue weighted by Gasteiger charge is 1.93. The molecule has 1 aromatic carbocycles. The third-order valence-corrected chi connectivity index (χ3v) is 4.47. The topological polar surface area (TPSA) is 49.3 Å². The maximum atomic E-state index is 10.4. The average Bonchev–Trinajstić information content (AvgIpc) is 2.67. The van der Waals surface area contributed by atoms with Crippen molar-refractivity contribution < 1.29 is 9.90 Å². The van der Waals surface area contributed by atoms with E-state index < -0.39 is 5.97 Å². The number of carboxylic acid groups (broad SMARTS) is 1. The first-order chi connectivity index (χ1) is 13.2. The summed E-state index contributed by atoms with van der Waals surface area (Å²) in [5.41, 5.74) is 1.76. The van der Waals surface area contributed by atoms with Gasteiger partial charge in [0, 0.05) is 23.7 Å². The van der Waals surface area contributed by atoms with Crippen LogP contribution in [0.3, 0.4) is 0 Å². The molecule has 0 aromatic heterocycles. The van der Waals surface area contributed by atoms with Gasteiger partial charge in [-0.25, -0.2) is 4.79 Å². The van der Waals surface area contributed by atoms with E-state index in [1.807, 2.05) is 24.3 Å². The smallest absolute Gasteiger partial charge is 0.382 e. The van der Waals surface area contributed by atoms with Crippen LogP contribution in [0.25, 0.3) is 0 Å². The number of aliphatic carboxylic acids is 1. The van der Waals surface area contributed by atoms with Crippen LogP contribution in [-0.2, 0) is 4.79 Å². The summed E-state index contributed by atoms with van der Waals surface area (Å²) in [5.74, 6) is 3.62. The second-order valence-electron chi connectivity index (χ2n) is 6.94. The van der Waals surface area contributed by atoms with Gasteiger partial charge in [0.05, 0.1) is 0 Å². The molecule has 27 heavy (non-hydrogen) atoms. The molecule has 0 amide bonds. The fourth-order valence-corrected chi connectivity index (χ4v) is 2.88. The second-order valence-corrected chi connectivity index (χ2v) is 6.94. The van der Waals surface area contributed by atoms with Crippen LogP contribution in [0.2, 0.25) is 0 Å². The monoisotopic (exact) mass is 369 g/mol. The van der Waals surface area contributed by atoms with Crippen LogP contribution in [0.1, 0.15) is 83.1 Å². The minimum atomic E-state index is -1.10. The van der Waals surface area contributed by atoms with Gasteiger partial charge in [0.15, 0.2) is 0 Å². The summed E-state index contributed by atoms with van der Waals surface area (Å²) < 4.78 is 0. The minimum Gasteiger partial charge on any atom is -0.472 e. The van der Waals surface area contributed by atoms with E-state index in [1.54, 1.807) is 0 Å². The summed E-state index contributed by atoms with van der Waals surface area (Å²) in [6.07, 6.45) is 19.1. The zero-order chi connectivity index (χ0) is 19.6. The van der Waals surface area contributed by atoms with Crippen LogP contribution >= 0.6 is 0 Å². The van der Waals surface area contributed by atoms with Crippen LogP contribution in [0.4, 0.5) is 5.69 Å². The van der Waals surface area contributed by atoms with Gasteiger partial charge in [-0.1, -0.05) is 69.9 Å². The first-order valence-electron chi connectivity index (χ1n) is 10.5. The fraction of sp³-hybridized carbons (Fsp3) is 0.542. The van der Waals surface area contributed by atoms with Crippen LogP contribution in [-0.4, -0.2) is 17.6 Å². The van der Waals surface area contributed by atoms with E-state index >= 15 is 0 Å². The van der Waals surface area contributed by atoms with E-state index in [0.717, 1.165) is 25.1 Å². The van der Waals surface area contributed by atoms with Gasteiger partial charge in [-0.3, -0.25) is 0 Å². The van der Waals surface area contributed by atoms with Crippen molar-refractivity contribution in [2.24, 2.45) is 0 Å². The normalized spacial score (nSPS) is 10.6. The lowest BCUT2D eigenvalue weighted by Crippen LogP contribution is -2.00. The lowest BCUT2D eigenvalue weighted by Gasteiger charge is -2.05. The summed E-state index contributed by atoms with van der Waals surface area (Å²) in [6.45, 7) is 3.20. The van der Waals surface area contributed by atoms with Crippen molar-refractivity contribution in [3.63, 3.8) is 0 Å². The SMILES string of the molecule is CCCCCCCCCC/C=C/CCCNc1ccc(C#CC(=O)O)cc1. The lowest BCUT2D eigenvalue weighted by atomic mass is 10.1. The molecule has 0 aliphatic rings. The molecule has 3 nitrogen and oxygen atoms in total. The highest BCUT2D eigenvalue weighted by atomic mass is 16.4. The Morgan fingerprint density at radius 1 is 0.926 bits per heavy atom. The van der Waals surface area contributed by atoms with Gasteiger partial charge >= 0.3 is 5.97 Å². The minimum absolute atomic E-state index is 0.715. The quantitative estimate of drug-likeness (QED) is 0.226. The number of nitrogens with one attached hydrogen (secondary N) is 1. The lowest BCUT2D eigenvalue weighted by molar-refractivity contribution is -0.130. The number of hydrogen-bond donors (Lipinski definition) is 2. The summed E-state index contributed by atoms with van der Waals surface area (Å²) in [4.78, 5) is 10.4. The van der Waals surface area contributed by atoms with Crippen molar-refractivity contribution in [1.29, 1.82) is 0 Å². The van der Waals surface area contributed by atoms with Crippen molar-refractivity contribution in [1.82, 2.24) is 0 Å². The third kappa shape index (κ3) is 13.6. The van der Waals surface area contributed by atoms with E-state index in [0.29, 0.717) is 5.56 Å². The molecule has 0 aliphatic heterocycles. The maximum absolute atomic E-state index is 10.4. The summed E-state index contributed by atoms with van der Waals surface area (Å²) >= 11 is 0. The Labute approximate surface area is 165 Å². The summed E-state index contributed by atoms with van der Waals surface area (Å²) in [7, 11) is 0. The Hall–Kier alpha value is -2.21. The fourth-order valence-electron chi connectivity index (χ4n) is 2.88. The Morgan fingerprint density at radius 3 is 2.15 bits per heavy atom. The number of allylic oxidation sites excluding steroid dienone is 2. The molecule has 1 rings (SSSR count). The number of carbonyl (C=O) groups is 1. The molecule has 0 fully saturated rings. The van der Waals surface area contributed by atoms with Gasteiger partial charge in [0.1, 0.15) is 0 Å². The van der Waals surface area contributed by atoms with Crippen molar-refractivity contribution >= 4 is 11.7 Å². The van der Waals surface area contributed by atoms with Gasteiger partial charge in [0.25, 0.3) is 0 Å². The first-order valence-corrected chi connectivity index (χ1v) is 10.5. The van der Waals surface area contributed by atoms with Crippen molar-refractivity contribution in [2.45, 2.75) is 77.6 Å². The van der Waals surface area contributed by atoms with Crippen molar-refractivity contribution in [2.75, 3.05) is 11.9 Å². The summed E-state index contributed by atoms with van der Waals surface area (Å²) in [6, 6.07) is 7.54. The second kappa shape index (κ2) is 16.0. The zero-order valence-corrected chi connectivity index (χ0v) is 16.8. The van der Waals surface area contributed by atoms with E-state index in [4.69, 9.17) is 5.11 Å². The van der Waals surface area contributed by atoms with Crippen molar-refractivity contribution in [3.8, 4) is 11.8 Å². The Kier molecular flexibility index (Phi) is 13.5. The van der Waals surface area contributed by atoms with Crippen LogP contribution in [0, 0.1) is 11.8 Å². The highest BCUT2D eigenvalue weighted by Crippen LogP contribution is 2.11. The molecule has 0 heterocycles. The van der Waals surface area contributed by atoms with E-state index in [2.05, 4.69) is 36.2 Å². The molecule has 0 unspecified atom stereocenters. The number of hydrogen-bond acceptors (Lipinski definition) is 2. The molecule has 0 radical (unpaired) electrons. The molecule has 0 saturated carbocycles. The standard InChI is InChI=1S/C24H35NO2/c1-2-3-4-5-6-7-8-9-10-11-12-13-14-21-25-23-18-15-22(16-19-23)17-20-24(26)27/h11-12,15-16,18-19,25H,2-10,13-14,21H2,1H3,(H,26,27)/b12-11+. The average molecular weight is 370 g/mol. The molecule has 2 N–H and O–H groups in total. The van der Waals surface area contributed by atoms with Crippen LogP contribution in [0.5, 0.6) is 0 Å². The molecule has 148 valence electrons. The van der Waals surface area contributed by atoms with Gasteiger partial charge < -0.3 is 10.4 Å². The maximum Gasteiger partial charge on any atom is 0.382 e. The van der Waals surface area contributed by atoms with Crippen LogP contribution < -0.4 is 5.32 Å². The van der Waals surface area contributed by atoms with E-state index in [9.17, 15) is 4.79 Å². The van der Waals surface area contributed by atoms with E-state index in [1.165, 1.54) is 57.8 Å². The first kappa shape index (κ1) is 22.8. The van der Waals surface area contributed by atoms with Gasteiger partial charge in [-0.2, -0.15) is 0 Å². The molecular formula is C24H35NO2. The number of unbranched alkanes of at least 4 members (excludes halogenated alkanes) is 9. The van der Waals surface area contributed by atoms with Gasteiger partial charge in [0.2, 0.25) is 0 Å². The number of rotatable bonds is 14. The molecule has 1 aromatic rings. The summed E-state index contributed by atoms with van der Waals surface area (Å²) in [5, 5.41) is 11.9. The van der Waals surface area contributed by atoms with Gasteiger partial charge in [-0.05, 0) is 49.9 Å². The number of anilines is 1. The van der Waals surface area contributed by atoms with Crippen LogP contribution in [0.15, 0.2) is 36.4 Å². The predicted molar refractivity (Wildman–Crippen MR) is 115 cm³/mol. The number of carboxylic acids is 1. The van der Waals surface area contributed by atoms with Gasteiger partial charge in [-0.15, -0.1) is 0 Å². The Morgan fingerprint density at radius 2 is 1.52 bits per heavy atom. The Balaban J connectivity index is 1.98. The highest BCUT2D eigenvalue weighted by molar-refractivity contribution is 5.87. The molecule has 0 aliphatic carbocycles.